The van der Waals surface area contributed by atoms with E-state index in [9.17, 15) is 9.90 Å². The molecule has 3 N–H and O–H groups in total. The fourth-order valence-corrected chi connectivity index (χ4v) is 1.95. The summed E-state index contributed by atoms with van der Waals surface area (Å²) < 4.78 is 5.28. The number of carbonyl (C=O) groups excluding carboxylic acids is 1. The number of nitrogens with one attached hydrogen (secondary N) is 2. The molecule has 0 bridgehead atoms. The van der Waals surface area contributed by atoms with Crippen molar-refractivity contribution in [3.8, 4) is 5.88 Å². The molecule has 1 unspecified atom stereocenters. The van der Waals surface area contributed by atoms with E-state index in [2.05, 4.69) is 20.8 Å². The van der Waals surface area contributed by atoms with Gasteiger partial charge in [0.05, 0.1) is 0 Å². The highest BCUT2D eigenvalue weighted by Gasteiger charge is 2.07. The summed E-state index contributed by atoms with van der Waals surface area (Å²) in [6.07, 6.45) is -0.702. The smallest absolute Gasteiger partial charge is 0.251 e. The Kier molecular flexibility index (Phi) is 7.41. The predicted octanol–water partition coefficient (Wildman–Crippen LogP) is 0.889. The third kappa shape index (κ3) is 6.49. The molecule has 1 aromatic heterocycles. The van der Waals surface area contributed by atoms with Gasteiger partial charge in [0.2, 0.25) is 5.88 Å². The van der Waals surface area contributed by atoms with Gasteiger partial charge in [-0.3, -0.25) is 4.79 Å². The van der Waals surface area contributed by atoms with E-state index in [4.69, 9.17) is 16.3 Å². The monoisotopic (exact) mass is 350 g/mol. The molecule has 0 aliphatic heterocycles. The van der Waals surface area contributed by atoms with Crippen LogP contribution in [-0.4, -0.2) is 53.6 Å². The van der Waals surface area contributed by atoms with Crippen molar-refractivity contribution in [2.24, 2.45) is 0 Å². The third-order valence-corrected chi connectivity index (χ3v) is 3.24. The summed E-state index contributed by atoms with van der Waals surface area (Å²) in [6.45, 7) is 1.42. The molecule has 128 valence electrons. The summed E-state index contributed by atoms with van der Waals surface area (Å²) in [6, 6.07) is 12.1. The first kappa shape index (κ1) is 18.1. The molecular formula is C16H19ClN4O3. The van der Waals surface area contributed by atoms with Crippen molar-refractivity contribution in [2.45, 2.75) is 6.10 Å². The zero-order valence-corrected chi connectivity index (χ0v) is 13.7. The van der Waals surface area contributed by atoms with Gasteiger partial charge in [-0.2, -0.15) is 0 Å². The molecule has 1 aromatic carbocycles. The summed E-state index contributed by atoms with van der Waals surface area (Å²) in [4.78, 5) is 11.8. The van der Waals surface area contributed by atoms with Crippen molar-refractivity contribution in [3.63, 3.8) is 0 Å². The van der Waals surface area contributed by atoms with Crippen molar-refractivity contribution in [2.75, 3.05) is 26.2 Å². The minimum absolute atomic E-state index is 0.0830. The van der Waals surface area contributed by atoms with Crippen LogP contribution < -0.4 is 15.4 Å². The normalized spacial score (nSPS) is 11.8. The molecule has 0 spiro atoms. The largest absolute Gasteiger partial charge is 0.474 e. The summed E-state index contributed by atoms with van der Waals surface area (Å²) in [5, 5.41) is 23.3. The first-order valence-electron chi connectivity index (χ1n) is 7.49. The number of rotatable bonds is 9. The molecule has 0 radical (unpaired) electrons. The standard InChI is InChI=1S/C16H19ClN4O3/c17-14-6-7-15(21-20-14)24-11-13(22)10-18-8-9-19-16(23)12-4-2-1-3-5-12/h1-7,13,18,22H,8-11H2,(H,19,23). The number of hydrogen-bond acceptors (Lipinski definition) is 6. The maximum atomic E-state index is 11.8. The lowest BCUT2D eigenvalue weighted by Gasteiger charge is -2.12. The van der Waals surface area contributed by atoms with Crippen molar-refractivity contribution in [1.82, 2.24) is 20.8 Å². The van der Waals surface area contributed by atoms with Gasteiger partial charge in [0.25, 0.3) is 5.91 Å². The first-order valence-corrected chi connectivity index (χ1v) is 7.87. The lowest BCUT2D eigenvalue weighted by atomic mass is 10.2. The number of amides is 1. The van der Waals surface area contributed by atoms with Crippen LogP contribution in [0.4, 0.5) is 0 Å². The molecular weight excluding hydrogens is 332 g/mol. The Morgan fingerprint density at radius 3 is 2.67 bits per heavy atom. The average Bonchev–Trinajstić information content (AvgIpc) is 2.61. The highest BCUT2D eigenvalue weighted by Crippen LogP contribution is 2.08. The Hall–Kier alpha value is -2.22. The van der Waals surface area contributed by atoms with Crippen LogP contribution in [0.25, 0.3) is 0 Å². The molecule has 1 amide bonds. The Morgan fingerprint density at radius 1 is 1.17 bits per heavy atom. The topological polar surface area (TPSA) is 96.4 Å². The van der Waals surface area contributed by atoms with Gasteiger partial charge in [0, 0.05) is 31.3 Å². The Bertz CT molecular complexity index is 625. The maximum absolute atomic E-state index is 11.8. The first-order chi connectivity index (χ1) is 11.6. The fraction of sp³-hybridized carbons (Fsp3) is 0.312. The second kappa shape index (κ2) is 9.82. The molecule has 0 saturated heterocycles. The minimum atomic E-state index is -0.702. The maximum Gasteiger partial charge on any atom is 0.251 e. The van der Waals surface area contributed by atoms with Crippen LogP contribution in [0.5, 0.6) is 5.88 Å². The molecule has 24 heavy (non-hydrogen) atoms. The number of nitrogens with zero attached hydrogens (tertiary/aromatic N) is 2. The van der Waals surface area contributed by atoms with E-state index in [0.717, 1.165) is 0 Å². The van der Waals surface area contributed by atoms with Crippen LogP contribution in [-0.2, 0) is 0 Å². The van der Waals surface area contributed by atoms with Gasteiger partial charge >= 0.3 is 0 Å². The van der Waals surface area contributed by atoms with Crippen LogP contribution in [0.1, 0.15) is 10.4 Å². The molecule has 0 fully saturated rings. The lowest BCUT2D eigenvalue weighted by Crippen LogP contribution is -2.37. The second-order valence-electron chi connectivity index (χ2n) is 4.99. The zero-order valence-electron chi connectivity index (χ0n) is 13.0. The highest BCUT2D eigenvalue weighted by molar-refractivity contribution is 6.29. The summed E-state index contributed by atoms with van der Waals surface area (Å²) in [7, 11) is 0. The zero-order chi connectivity index (χ0) is 17.2. The van der Waals surface area contributed by atoms with Gasteiger partial charge in [-0.1, -0.05) is 29.8 Å². The number of aromatic nitrogens is 2. The van der Waals surface area contributed by atoms with Gasteiger partial charge in [0.1, 0.15) is 12.7 Å². The number of benzene rings is 1. The molecule has 0 saturated carbocycles. The number of ether oxygens (including phenoxy) is 1. The molecule has 1 atom stereocenters. The van der Waals surface area contributed by atoms with Crippen molar-refractivity contribution < 1.29 is 14.6 Å². The quantitative estimate of drug-likeness (QED) is 0.581. The molecule has 0 aliphatic carbocycles. The number of aliphatic hydroxyl groups excluding tert-OH is 1. The number of halogens is 1. The second-order valence-corrected chi connectivity index (χ2v) is 5.37. The van der Waals surface area contributed by atoms with Crippen molar-refractivity contribution >= 4 is 17.5 Å². The molecule has 1 heterocycles. The molecule has 2 rings (SSSR count). The van der Waals surface area contributed by atoms with Gasteiger partial charge in [0.15, 0.2) is 5.15 Å². The van der Waals surface area contributed by atoms with Crippen LogP contribution in [0.15, 0.2) is 42.5 Å². The van der Waals surface area contributed by atoms with E-state index in [1.54, 1.807) is 24.3 Å². The number of carbonyl (C=O) groups is 1. The van der Waals surface area contributed by atoms with Gasteiger partial charge < -0.3 is 20.5 Å². The van der Waals surface area contributed by atoms with E-state index in [1.807, 2.05) is 18.2 Å². The van der Waals surface area contributed by atoms with Gasteiger partial charge in [-0.05, 0) is 18.2 Å². The lowest BCUT2D eigenvalue weighted by molar-refractivity contribution is 0.0949. The van der Waals surface area contributed by atoms with Gasteiger partial charge in [-0.25, -0.2) is 0 Å². The van der Waals surface area contributed by atoms with Crippen LogP contribution in [0.3, 0.4) is 0 Å². The molecule has 7 nitrogen and oxygen atoms in total. The molecule has 0 aliphatic rings. The van der Waals surface area contributed by atoms with E-state index < -0.39 is 6.10 Å². The molecule has 2 aromatic rings. The summed E-state index contributed by atoms with van der Waals surface area (Å²) >= 11 is 5.62. The molecule has 8 heteroatoms. The van der Waals surface area contributed by atoms with Crippen molar-refractivity contribution in [3.05, 3.63) is 53.2 Å². The predicted molar refractivity (Wildman–Crippen MR) is 90.2 cm³/mol. The van der Waals surface area contributed by atoms with Gasteiger partial charge in [-0.15, -0.1) is 10.2 Å². The summed E-state index contributed by atoms with van der Waals surface area (Å²) in [5.41, 5.74) is 0.620. The Balaban J connectivity index is 1.55. The van der Waals surface area contributed by atoms with E-state index >= 15 is 0 Å². The van der Waals surface area contributed by atoms with E-state index in [-0.39, 0.29) is 17.7 Å². The van der Waals surface area contributed by atoms with Crippen LogP contribution in [0, 0.1) is 0 Å². The minimum Gasteiger partial charge on any atom is -0.474 e. The Labute approximate surface area is 145 Å². The van der Waals surface area contributed by atoms with Crippen LogP contribution >= 0.6 is 11.6 Å². The van der Waals surface area contributed by atoms with E-state index in [1.165, 1.54) is 0 Å². The fourth-order valence-electron chi connectivity index (χ4n) is 1.85. The van der Waals surface area contributed by atoms with Crippen LogP contribution in [0.2, 0.25) is 5.15 Å². The Morgan fingerprint density at radius 2 is 1.96 bits per heavy atom. The third-order valence-electron chi connectivity index (χ3n) is 3.03. The van der Waals surface area contributed by atoms with E-state index in [0.29, 0.717) is 31.1 Å². The van der Waals surface area contributed by atoms with Crippen molar-refractivity contribution in [1.29, 1.82) is 0 Å². The number of hydrogen-bond donors (Lipinski definition) is 3. The highest BCUT2D eigenvalue weighted by atomic mass is 35.5. The average molecular weight is 351 g/mol. The SMILES string of the molecule is O=C(NCCNCC(O)COc1ccc(Cl)nn1)c1ccccc1. The number of aliphatic hydroxyl groups is 1. The summed E-state index contributed by atoms with van der Waals surface area (Å²) in [5.74, 6) is 0.177.